The van der Waals surface area contributed by atoms with Gasteiger partial charge in [0.2, 0.25) is 0 Å². The summed E-state index contributed by atoms with van der Waals surface area (Å²) in [7, 11) is -5.01. The summed E-state index contributed by atoms with van der Waals surface area (Å²) in [5.74, 6) is -0.667. The number of aromatic hydroxyl groups is 2. The first-order chi connectivity index (χ1) is 13.5. The Morgan fingerprint density at radius 1 is 0.724 bits per heavy atom. The molecule has 1 atom stereocenters. The first kappa shape index (κ1) is 22.0. The summed E-state index contributed by atoms with van der Waals surface area (Å²) >= 11 is 24.4. The van der Waals surface area contributed by atoms with Gasteiger partial charge in [-0.3, -0.25) is 4.55 Å². The van der Waals surface area contributed by atoms with Crippen LogP contribution in [-0.4, -0.2) is 23.2 Å². The molecule has 10 heteroatoms. The van der Waals surface area contributed by atoms with Gasteiger partial charge in [0, 0.05) is 21.7 Å². The zero-order valence-corrected chi connectivity index (χ0v) is 18.1. The molecule has 29 heavy (non-hydrogen) atoms. The topological polar surface area (TPSA) is 94.8 Å². The Bertz CT molecular complexity index is 1210. The lowest BCUT2D eigenvalue weighted by Gasteiger charge is -2.33. The molecule has 0 aliphatic rings. The molecular formula is C19H12Cl4O5S. The summed E-state index contributed by atoms with van der Waals surface area (Å²) < 4.78 is 34.1. The first-order valence-corrected chi connectivity index (χ1v) is 10.8. The monoisotopic (exact) mass is 492 g/mol. The molecule has 1 unspecified atom stereocenters. The van der Waals surface area contributed by atoms with Crippen LogP contribution in [0.1, 0.15) is 16.7 Å². The number of hydrogen-bond acceptors (Lipinski definition) is 4. The molecule has 3 rings (SSSR count). The molecule has 0 fully saturated rings. The molecule has 0 amide bonds. The van der Waals surface area contributed by atoms with Gasteiger partial charge in [0.1, 0.15) is 11.5 Å². The van der Waals surface area contributed by atoms with Crippen LogP contribution in [0, 0.1) is 0 Å². The van der Waals surface area contributed by atoms with E-state index in [4.69, 9.17) is 46.4 Å². The Morgan fingerprint density at radius 2 is 1.34 bits per heavy atom. The van der Waals surface area contributed by atoms with E-state index < -0.39 is 14.9 Å². The van der Waals surface area contributed by atoms with Gasteiger partial charge in [-0.05, 0) is 41.5 Å². The summed E-state index contributed by atoms with van der Waals surface area (Å²) in [5, 5.41) is 19.3. The van der Waals surface area contributed by atoms with Crippen molar-refractivity contribution in [1.29, 1.82) is 0 Å². The van der Waals surface area contributed by atoms with E-state index in [1.54, 1.807) is 0 Å². The maximum Gasteiger partial charge on any atom is 0.283 e. The second kappa shape index (κ2) is 7.87. The van der Waals surface area contributed by atoms with Crippen LogP contribution < -0.4 is 0 Å². The molecule has 0 aromatic heterocycles. The number of phenols is 2. The van der Waals surface area contributed by atoms with E-state index in [0.717, 1.165) is 12.1 Å². The predicted octanol–water partition coefficient (Wildman–Crippen LogP) is 5.89. The summed E-state index contributed by atoms with van der Waals surface area (Å²) in [6.07, 6.45) is 0. The van der Waals surface area contributed by atoms with Crippen LogP contribution in [0.25, 0.3) is 0 Å². The van der Waals surface area contributed by atoms with Crippen LogP contribution >= 0.6 is 46.4 Å². The predicted molar refractivity (Wildman–Crippen MR) is 114 cm³/mol. The fourth-order valence-corrected chi connectivity index (χ4v) is 5.34. The van der Waals surface area contributed by atoms with Gasteiger partial charge in [0.15, 0.2) is 4.75 Å². The highest BCUT2D eigenvalue weighted by molar-refractivity contribution is 7.87. The van der Waals surface area contributed by atoms with Crippen molar-refractivity contribution in [2.24, 2.45) is 0 Å². The average molecular weight is 494 g/mol. The highest BCUT2D eigenvalue weighted by atomic mass is 35.5. The molecule has 3 N–H and O–H groups in total. The largest absolute Gasteiger partial charge is 0.506 e. The third-order valence-electron chi connectivity index (χ3n) is 4.39. The summed E-state index contributed by atoms with van der Waals surface area (Å²) in [6, 6.07) is 11.6. The minimum Gasteiger partial charge on any atom is -0.506 e. The van der Waals surface area contributed by atoms with Gasteiger partial charge in [-0.1, -0.05) is 64.6 Å². The van der Waals surface area contributed by atoms with E-state index in [0.29, 0.717) is 0 Å². The van der Waals surface area contributed by atoms with Gasteiger partial charge >= 0.3 is 0 Å². The molecule has 0 heterocycles. The quantitative estimate of drug-likeness (QED) is 0.311. The number of rotatable bonds is 4. The molecule has 3 aromatic carbocycles. The molecule has 0 saturated carbocycles. The van der Waals surface area contributed by atoms with E-state index >= 15 is 0 Å². The first-order valence-electron chi connectivity index (χ1n) is 7.89. The third-order valence-corrected chi connectivity index (χ3v) is 7.01. The highest BCUT2D eigenvalue weighted by Gasteiger charge is 2.50. The lowest BCUT2D eigenvalue weighted by molar-refractivity contribution is 0.456. The van der Waals surface area contributed by atoms with Crippen molar-refractivity contribution in [2.75, 3.05) is 0 Å². The Morgan fingerprint density at radius 3 is 1.93 bits per heavy atom. The molecule has 0 aliphatic carbocycles. The molecule has 0 spiro atoms. The zero-order valence-electron chi connectivity index (χ0n) is 14.3. The Labute approximate surface area is 186 Å². The number of phenolic OH excluding ortho intramolecular Hbond substituents is 2. The van der Waals surface area contributed by atoms with Crippen molar-refractivity contribution in [3.8, 4) is 11.5 Å². The molecule has 0 aliphatic heterocycles. The van der Waals surface area contributed by atoms with Crippen molar-refractivity contribution < 1.29 is 23.2 Å². The molecule has 152 valence electrons. The van der Waals surface area contributed by atoms with Crippen molar-refractivity contribution >= 4 is 56.5 Å². The second-order valence-electron chi connectivity index (χ2n) is 6.12. The molecule has 5 nitrogen and oxygen atoms in total. The molecule has 0 saturated heterocycles. The van der Waals surface area contributed by atoms with Crippen molar-refractivity contribution in [3.05, 3.63) is 91.4 Å². The van der Waals surface area contributed by atoms with E-state index in [1.807, 2.05) is 0 Å². The lowest BCUT2D eigenvalue weighted by atomic mass is 9.83. The maximum atomic E-state index is 13.0. The van der Waals surface area contributed by atoms with Crippen LogP contribution in [0.2, 0.25) is 20.1 Å². The summed E-state index contributed by atoms with van der Waals surface area (Å²) in [4.78, 5) is 0. The average Bonchev–Trinajstić information content (AvgIpc) is 2.62. The summed E-state index contributed by atoms with van der Waals surface area (Å²) in [6.45, 7) is 0. The van der Waals surface area contributed by atoms with E-state index in [2.05, 4.69) is 0 Å². The standard InChI is InChI=1S/C19H12Cl4O5S/c20-12-3-1-2-10(6-12)19(29(26,27)28,11-4-5-17(24)15(22)7-11)13-8-16(23)18(25)9-14(13)21/h1-9,24-25H,(H,26,27,28). The number of benzene rings is 3. The molecule has 3 aromatic rings. The van der Waals surface area contributed by atoms with Gasteiger partial charge in [-0.25, -0.2) is 0 Å². The SMILES string of the molecule is O=S(=O)(O)C(c1cccc(Cl)c1)(c1ccc(O)c(Cl)c1)c1cc(Cl)c(O)cc1Cl. The fraction of sp³-hybridized carbons (Fsp3) is 0.0526. The van der Waals surface area contributed by atoms with Crippen molar-refractivity contribution in [3.63, 3.8) is 0 Å². The van der Waals surface area contributed by atoms with Gasteiger partial charge in [0.05, 0.1) is 10.0 Å². The van der Waals surface area contributed by atoms with E-state index in [1.165, 1.54) is 42.5 Å². The Balaban J connectivity index is 2.58. The van der Waals surface area contributed by atoms with Crippen molar-refractivity contribution in [1.82, 2.24) is 0 Å². The third kappa shape index (κ3) is 3.77. The lowest BCUT2D eigenvalue weighted by Crippen LogP contribution is -2.38. The van der Waals surface area contributed by atoms with Crippen LogP contribution in [0.3, 0.4) is 0 Å². The van der Waals surface area contributed by atoms with E-state index in [-0.39, 0.29) is 48.3 Å². The van der Waals surface area contributed by atoms with Gasteiger partial charge < -0.3 is 10.2 Å². The van der Waals surface area contributed by atoms with Crippen LogP contribution in [0.5, 0.6) is 11.5 Å². The van der Waals surface area contributed by atoms with E-state index in [9.17, 15) is 23.2 Å². The normalized spacial score (nSPS) is 13.8. The van der Waals surface area contributed by atoms with Crippen LogP contribution in [-0.2, 0) is 14.9 Å². The minimum atomic E-state index is -5.01. The Kier molecular flexibility index (Phi) is 5.98. The molecule has 0 bridgehead atoms. The van der Waals surface area contributed by atoms with Gasteiger partial charge in [-0.2, -0.15) is 8.42 Å². The van der Waals surface area contributed by atoms with Crippen LogP contribution in [0.15, 0.2) is 54.6 Å². The smallest absolute Gasteiger partial charge is 0.283 e. The van der Waals surface area contributed by atoms with Crippen LogP contribution in [0.4, 0.5) is 0 Å². The minimum absolute atomic E-state index is 0.0336. The maximum absolute atomic E-state index is 13.0. The van der Waals surface area contributed by atoms with Gasteiger partial charge in [-0.15, -0.1) is 0 Å². The Hall–Kier alpha value is -1.67. The zero-order chi connectivity index (χ0) is 21.6. The second-order valence-corrected chi connectivity index (χ2v) is 9.34. The van der Waals surface area contributed by atoms with Crippen molar-refractivity contribution in [2.45, 2.75) is 4.75 Å². The molecular weight excluding hydrogens is 482 g/mol. The summed E-state index contributed by atoms with van der Waals surface area (Å²) in [5.41, 5.74) is -0.139. The number of halogens is 4. The molecule has 0 radical (unpaired) electrons. The fourth-order valence-electron chi connectivity index (χ4n) is 3.15. The van der Waals surface area contributed by atoms with Gasteiger partial charge in [0.25, 0.3) is 10.1 Å². The highest BCUT2D eigenvalue weighted by Crippen LogP contribution is 2.49. The number of hydrogen-bond donors (Lipinski definition) is 3.